The van der Waals surface area contributed by atoms with Gasteiger partial charge in [0.1, 0.15) is 23.2 Å². The number of nitrogens with zero attached hydrogens (tertiary/aromatic N) is 1. The highest BCUT2D eigenvalue weighted by Crippen LogP contribution is 2.51. The van der Waals surface area contributed by atoms with Crippen LogP contribution in [0.25, 0.3) is 0 Å². The zero-order valence-electron chi connectivity index (χ0n) is 16.8. The number of carbonyl (C=O) groups is 3. The van der Waals surface area contributed by atoms with Crippen LogP contribution in [0.2, 0.25) is 10.0 Å². The summed E-state index contributed by atoms with van der Waals surface area (Å²) in [7, 11) is 0. The number of hydrogen-bond acceptors (Lipinski definition) is 5. The molecule has 4 rings (SSSR count). The van der Waals surface area contributed by atoms with Crippen molar-refractivity contribution in [2.45, 2.75) is 42.5 Å². The molecule has 2 aliphatic rings. The molecule has 0 aliphatic carbocycles. The van der Waals surface area contributed by atoms with Crippen LogP contribution in [0.5, 0.6) is 5.75 Å². The number of amides is 2. The Balaban J connectivity index is 1.44. The molecule has 0 saturated carbocycles. The Hall–Kier alpha value is -2.22. The van der Waals surface area contributed by atoms with Gasteiger partial charge in [0, 0.05) is 9.77 Å². The summed E-state index contributed by atoms with van der Waals surface area (Å²) in [5, 5.41) is 3.11. The topological polar surface area (TPSA) is 75.7 Å². The highest BCUT2D eigenvalue weighted by atomic mass is 35.5. The van der Waals surface area contributed by atoms with Crippen LogP contribution >= 0.6 is 35.0 Å². The van der Waals surface area contributed by atoms with Gasteiger partial charge in [-0.25, -0.2) is 4.79 Å². The lowest BCUT2D eigenvalue weighted by atomic mass is 9.95. The zero-order chi connectivity index (χ0) is 22.3. The van der Waals surface area contributed by atoms with Gasteiger partial charge in [-0.05, 0) is 37.6 Å². The fraction of sp³-hybridized carbons (Fsp3) is 0.318. The van der Waals surface area contributed by atoms with Crippen LogP contribution in [-0.2, 0) is 20.8 Å². The second-order valence-electron chi connectivity index (χ2n) is 7.96. The molecule has 2 aromatic carbocycles. The van der Waals surface area contributed by atoms with Gasteiger partial charge in [0.25, 0.3) is 0 Å². The van der Waals surface area contributed by atoms with E-state index in [0.29, 0.717) is 5.02 Å². The molecular formula is C22H20Cl2N2O4S. The van der Waals surface area contributed by atoms with E-state index in [1.54, 1.807) is 6.07 Å². The summed E-state index contributed by atoms with van der Waals surface area (Å²) >= 11 is 13.5. The van der Waals surface area contributed by atoms with Gasteiger partial charge in [0.05, 0.1) is 11.4 Å². The number of halogens is 2. The van der Waals surface area contributed by atoms with Crippen LogP contribution in [-0.4, -0.2) is 44.9 Å². The van der Waals surface area contributed by atoms with Crippen LogP contribution in [0.3, 0.4) is 0 Å². The maximum absolute atomic E-state index is 13.0. The Morgan fingerprint density at radius 1 is 1.16 bits per heavy atom. The predicted octanol–water partition coefficient (Wildman–Crippen LogP) is 3.69. The van der Waals surface area contributed by atoms with Crippen molar-refractivity contribution in [1.29, 1.82) is 0 Å². The molecular weight excluding hydrogens is 459 g/mol. The maximum atomic E-state index is 13.0. The van der Waals surface area contributed by atoms with Gasteiger partial charge in [-0.1, -0.05) is 53.5 Å². The van der Waals surface area contributed by atoms with Crippen LogP contribution in [0.15, 0.2) is 48.5 Å². The van der Waals surface area contributed by atoms with E-state index in [1.807, 2.05) is 44.2 Å². The monoisotopic (exact) mass is 478 g/mol. The molecule has 2 fully saturated rings. The van der Waals surface area contributed by atoms with Gasteiger partial charge in [-0.3, -0.25) is 9.59 Å². The summed E-state index contributed by atoms with van der Waals surface area (Å²) in [5.74, 6) is -0.928. The minimum absolute atomic E-state index is 0.181. The minimum atomic E-state index is -0.802. The number of benzene rings is 2. The first-order chi connectivity index (χ1) is 14.7. The molecule has 0 radical (unpaired) electrons. The van der Waals surface area contributed by atoms with E-state index in [-0.39, 0.29) is 34.4 Å². The summed E-state index contributed by atoms with van der Waals surface area (Å²) in [6, 6.07) is 12.4. The van der Waals surface area contributed by atoms with Crippen molar-refractivity contribution < 1.29 is 19.1 Å². The van der Waals surface area contributed by atoms with Crippen molar-refractivity contribution in [2.24, 2.45) is 0 Å². The van der Waals surface area contributed by atoms with Crippen molar-refractivity contribution in [3.8, 4) is 5.75 Å². The van der Waals surface area contributed by atoms with Crippen molar-refractivity contribution in [1.82, 2.24) is 10.2 Å². The molecule has 0 unspecified atom stereocenters. The van der Waals surface area contributed by atoms with E-state index in [9.17, 15) is 14.4 Å². The third-order valence-electron chi connectivity index (χ3n) is 5.29. The second-order valence-corrected chi connectivity index (χ2v) is 10.6. The number of carbonyl (C=O) groups excluding carboxylic acids is 3. The normalized spacial score (nSPS) is 23.7. The second kappa shape index (κ2) is 8.37. The minimum Gasteiger partial charge on any atom is -0.423 e. The molecule has 0 aromatic heterocycles. The summed E-state index contributed by atoms with van der Waals surface area (Å²) in [6.45, 7) is 3.75. The molecule has 2 heterocycles. The van der Waals surface area contributed by atoms with E-state index in [2.05, 4.69) is 5.32 Å². The van der Waals surface area contributed by atoms with Crippen LogP contribution in [0.1, 0.15) is 19.4 Å². The molecule has 2 aromatic rings. The third kappa shape index (κ3) is 4.27. The number of thioether (sulfide) groups is 1. The number of fused-ring (bicyclic) bond motifs is 1. The molecule has 162 valence electrons. The lowest BCUT2D eigenvalue weighted by Crippen LogP contribution is -2.71. The molecule has 0 bridgehead atoms. The van der Waals surface area contributed by atoms with Crippen molar-refractivity contribution in [3.05, 3.63) is 64.1 Å². The van der Waals surface area contributed by atoms with E-state index < -0.39 is 22.8 Å². The largest absolute Gasteiger partial charge is 0.423 e. The van der Waals surface area contributed by atoms with Gasteiger partial charge in [-0.15, -0.1) is 11.8 Å². The van der Waals surface area contributed by atoms with E-state index in [4.69, 9.17) is 27.9 Å². The van der Waals surface area contributed by atoms with Gasteiger partial charge < -0.3 is 15.0 Å². The molecule has 9 heteroatoms. The fourth-order valence-electron chi connectivity index (χ4n) is 3.85. The highest BCUT2D eigenvalue weighted by Gasteiger charge is 2.64. The van der Waals surface area contributed by atoms with Gasteiger partial charge in [0.2, 0.25) is 11.8 Å². The van der Waals surface area contributed by atoms with E-state index in [0.717, 1.165) is 5.56 Å². The Morgan fingerprint density at radius 2 is 1.87 bits per heavy atom. The smallest absolute Gasteiger partial charge is 0.335 e. The molecule has 2 amide bonds. The molecule has 6 nitrogen and oxygen atoms in total. The van der Waals surface area contributed by atoms with E-state index >= 15 is 0 Å². The van der Waals surface area contributed by atoms with Crippen molar-refractivity contribution >= 4 is 52.7 Å². The van der Waals surface area contributed by atoms with Crippen LogP contribution < -0.4 is 10.1 Å². The quantitative estimate of drug-likeness (QED) is 0.402. The van der Waals surface area contributed by atoms with Gasteiger partial charge in [0.15, 0.2) is 0 Å². The van der Waals surface area contributed by atoms with Crippen LogP contribution in [0, 0.1) is 0 Å². The standard InChI is InChI=1S/C22H20Cl2N2O4S/c1-22(2)18(21(29)30-15-9-8-13(23)11-14(15)24)26-19(28)17(20(26)31-22)25-16(27)10-12-6-4-3-5-7-12/h3-9,11,17-18,20H,10H2,1-2H3,(H,25,27)/t17-,18+,20-/m1/s1. The summed E-state index contributed by atoms with van der Waals surface area (Å²) in [6.07, 6.45) is 0.186. The number of nitrogens with one attached hydrogen (secondary N) is 1. The highest BCUT2D eigenvalue weighted by molar-refractivity contribution is 8.01. The van der Waals surface area contributed by atoms with Crippen LogP contribution in [0.4, 0.5) is 0 Å². The molecule has 1 N–H and O–H groups in total. The first kappa shape index (κ1) is 22.0. The summed E-state index contributed by atoms with van der Waals surface area (Å²) < 4.78 is 4.89. The average Bonchev–Trinajstić information content (AvgIpc) is 2.97. The number of β-lactam (4-membered cyclic amide) rings is 1. The molecule has 2 aliphatic heterocycles. The Kier molecular flexibility index (Phi) is 5.94. The Labute approximate surface area is 194 Å². The molecule has 3 atom stereocenters. The molecule has 0 spiro atoms. The summed E-state index contributed by atoms with van der Waals surface area (Å²) in [4.78, 5) is 39.7. The average molecular weight is 479 g/mol. The fourth-order valence-corrected chi connectivity index (χ4v) is 5.92. The van der Waals surface area contributed by atoms with Gasteiger partial charge >= 0.3 is 5.97 Å². The number of esters is 1. The lowest BCUT2D eigenvalue weighted by molar-refractivity contribution is -0.159. The lowest BCUT2D eigenvalue weighted by Gasteiger charge is -2.43. The Morgan fingerprint density at radius 3 is 2.55 bits per heavy atom. The number of rotatable bonds is 5. The first-order valence-electron chi connectivity index (χ1n) is 9.67. The zero-order valence-corrected chi connectivity index (χ0v) is 19.1. The predicted molar refractivity (Wildman–Crippen MR) is 120 cm³/mol. The van der Waals surface area contributed by atoms with E-state index in [1.165, 1.54) is 28.8 Å². The number of hydrogen-bond donors (Lipinski definition) is 1. The van der Waals surface area contributed by atoms with Crippen molar-refractivity contribution in [2.75, 3.05) is 0 Å². The SMILES string of the molecule is CC1(C)S[C@@H]2[C@H](NC(=O)Cc3ccccc3)C(=O)N2[C@H]1C(=O)Oc1ccc(Cl)cc1Cl. The molecule has 2 saturated heterocycles. The maximum Gasteiger partial charge on any atom is 0.335 e. The number of ether oxygens (including phenoxy) is 1. The Bertz CT molecular complexity index is 1050. The summed E-state index contributed by atoms with van der Waals surface area (Å²) in [5.41, 5.74) is 0.865. The molecule has 31 heavy (non-hydrogen) atoms. The first-order valence-corrected chi connectivity index (χ1v) is 11.3. The third-order valence-corrected chi connectivity index (χ3v) is 7.39. The van der Waals surface area contributed by atoms with Gasteiger partial charge in [-0.2, -0.15) is 0 Å². The van der Waals surface area contributed by atoms with Crippen molar-refractivity contribution in [3.63, 3.8) is 0 Å².